The predicted octanol–water partition coefficient (Wildman–Crippen LogP) is 1.35. The molecule has 2 amide bonds. The largest absolute Gasteiger partial charge is 0.382 e. The minimum absolute atomic E-state index is 0.204. The van der Waals surface area contributed by atoms with E-state index in [-0.39, 0.29) is 24.0 Å². The van der Waals surface area contributed by atoms with E-state index in [1.807, 2.05) is 32.0 Å². The van der Waals surface area contributed by atoms with E-state index in [1.54, 1.807) is 25.1 Å². The number of carbonyl (C=O) groups excluding carboxylic acids is 2. The summed E-state index contributed by atoms with van der Waals surface area (Å²) in [6.45, 7) is 6.64. The molecule has 2 heterocycles. The number of aryl methyl sites for hydroxylation is 1. The highest BCUT2D eigenvalue weighted by Gasteiger charge is 2.13. The van der Waals surface area contributed by atoms with Crippen molar-refractivity contribution in [2.75, 3.05) is 6.54 Å². The zero-order valence-electron chi connectivity index (χ0n) is 18.3. The number of nitrogens with zero attached hydrogens (tertiary/aromatic N) is 3. The van der Waals surface area contributed by atoms with E-state index >= 15 is 0 Å². The van der Waals surface area contributed by atoms with Crippen LogP contribution in [0, 0.1) is 12.8 Å². The van der Waals surface area contributed by atoms with Crippen molar-refractivity contribution in [2.45, 2.75) is 27.3 Å². The molecule has 3 aromatic rings. The van der Waals surface area contributed by atoms with Crippen LogP contribution in [0.5, 0.6) is 0 Å². The lowest BCUT2D eigenvalue weighted by molar-refractivity contribution is 0.0944. The lowest BCUT2D eigenvalue weighted by atomic mass is 10.1. The van der Waals surface area contributed by atoms with Crippen LogP contribution in [0.1, 0.15) is 51.6 Å². The number of pyridine rings is 1. The third kappa shape index (κ3) is 5.61. The van der Waals surface area contributed by atoms with Gasteiger partial charge in [-0.1, -0.05) is 26.0 Å². The van der Waals surface area contributed by atoms with Crippen LogP contribution in [0.3, 0.4) is 0 Å². The van der Waals surface area contributed by atoms with E-state index in [0.717, 1.165) is 16.5 Å². The highest BCUT2D eigenvalue weighted by atomic mass is 16.2. The summed E-state index contributed by atoms with van der Waals surface area (Å²) in [6, 6.07) is 10.6. The molecule has 1 aromatic carbocycles. The molecule has 0 fully saturated rings. The lowest BCUT2D eigenvalue weighted by Crippen LogP contribution is -2.32. The molecule has 0 atom stereocenters. The number of fused-ring (bicyclic) bond motifs is 1. The van der Waals surface area contributed by atoms with Gasteiger partial charge in [0.2, 0.25) is 0 Å². The number of hydrogen-bond acceptors (Lipinski definition) is 6. The fourth-order valence-electron chi connectivity index (χ4n) is 3.23. The number of rotatable bonds is 8. The topological polar surface area (TPSA) is 169 Å². The van der Waals surface area contributed by atoms with Crippen molar-refractivity contribution in [3.8, 4) is 0 Å². The first-order chi connectivity index (χ1) is 15.1. The number of primary amides is 1. The van der Waals surface area contributed by atoms with Crippen LogP contribution in [0.4, 0.5) is 0 Å². The maximum Gasteiger partial charge on any atom is 0.270 e. The van der Waals surface area contributed by atoms with Gasteiger partial charge in [0, 0.05) is 28.7 Å². The Hall–Kier alpha value is -3.92. The maximum atomic E-state index is 12.7. The molecule has 0 aliphatic rings. The van der Waals surface area contributed by atoms with Gasteiger partial charge in [-0.25, -0.2) is 15.9 Å². The summed E-state index contributed by atoms with van der Waals surface area (Å²) in [7, 11) is 0. The van der Waals surface area contributed by atoms with Crippen molar-refractivity contribution in [3.63, 3.8) is 0 Å². The number of hydrogen-bond donors (Lipinski definition) is 5. The summed E-state index contributed by atoms with van der Waals surface area (Å²) in [5, 5.41) is 9.17. The SMILES string of the molecule is Cc1cc(/C(N)=N/N(N)CC(C)C)cc(C(=O)NCc2ccc3cc(C(N)=O)[nH]c3c2)n1. The Labute approximate surface area is 185 Å². The number of nitrogens with one attached hydrogen (secondary N) is 2. The van der Waals surface area contributed by atoms with Crippen molar-refractivity contribution in [2.24, 2.45) is 28.3 Å². The smallest absolute Gasteiger partial charge is 0.270 e. The number of aromatic amines is 1. The Morgan fingerprint density at radius 1 is 1.19 bits per heavy atom. The van der Waals surface area contributed by atoms with Gasteiger partial charge in [0.05, 0.1) is 6.54 Å². The molecule has 8 N–H and O–H groups in total. The summed E-state index contributed by atoms with van der Waals surface area (Å²) in [4.78, 5) is 31.3. The van der Waals surface area contributed by atoms with Gasteiger partial charge in [-0.15, -0.1) is 5.10 Å². The summed E-state index contributed by atoms with van der Waals surface area (Å²) < 4.78 is 0. The Morgan fingerprint density at radius 3 is 2.62 bits per heavy atom. The van der Waals surface area contributed by atoms with Crippen LogP contribution in [0.15, 0.2) is 41.5 Å². The number of aromatic nitrogens is 2. The molecule has 0 radical (unpaired) electrons. The number of H-pyrrole nitrogens is 1. The second kappa shape index (κ2) is 9.48. The number of benzene rings is 1. The van der Waals surface area contributed by atoms with Gasteiger partial charge in [0.15, 0.2) is 5.84 Å². The number of nitrogens with two attached hydrogens (primary N) is 3. The van der Waals surface area contributed by atoms with Crippen LogP contribution in [0.2, 0.25) is 0 Å². The number of hydrazine groups is 1. The van der Waals surface area contributed by atoms with Gasteiger partial charge in [-0.2, -0.15) is 0 Å². The normalized spacial score (nSPS) is 11.7. The monoisotopic (exact) mass is 436 g/mol. The molecule has 168 valence electrons. The quantitative estimate of drug-likeness (QED) is 0.154. The number of carbonyl (C=O) groups is 2. The first-order valence-electron chi connectivity index (χ1n) is 10.2. The summed E-state index contributed by atoms with van der Waals surface area (Å²) in [5.41, 5.74) is 14.8. The van der Waals surface area contributed by atoms with Gasteiger partial charge in [0.25, 0.3) is 11.8 Å². The highest BCUT2D eigenvalue weighted by molar-refractivity contribution is 6.00. The molecule has 0 saturated carbocycles. The van der Waals surface area contributed by atoms with E-state index in [0.29, 0.717) is 29.4 Å². The Morgan fingerprint density at radius 2 is 1.94 bits per heavy atom. The van der Waals surface area contributed by atoms with Crippen LogP contribution < -0.4 is 22.6 Å². The molecule has 0 aliphatic heterocycles. The second-order valence-electron chi connectivity index (χ2n) is 8.04. The van der Waals surface area contributed by atoms with Gasteiger partial charge >= 0.3 is 0 Å². The molecule has 3 rings (SSSR count). The van der Waals surface area contributed by atoms with Crippen molar-refractivity contribution >= 4 is 28.6 Å². The molecule has 0 unspecified atom stereocenters. The van der Waals surface area contributed by atoms with Crippen LogP contribution in [-0.4, -0.2) is 39.3 Å². The third-order valence-corrected chi connectivity index (χ3v) is 4.68. The molecule has 0 aliphatic carbocycles. The average molecular weight is 437 g/mol. The molecule has 32 heavy (non-hydrogen) atoms. The fraction of sp³-hybridized carbons (Fsp3) is 0.273. The van der Waals surface area contributed by atoms with E-state index in [4.69, 9.17) is 17.3 Å². The zero-order valence-corrected chi connectivity index (χ0v) is 18.3. The molecular weight excluding hydrogens is 408 g/mol. The van der Waals surface area contributed by atoms with Crippen molar-refractivity contribution in [3.05, 3.63) is 64.6 Å². The first-order valence-corrected chi connectivity index (χ1v) is 10.2. The molecule has 10 nitrogen and oxygen atoms in total. The number of amides is 2. The zero-order chi connectivity index (χ0) is 23.4. The molecule has 0 bridgehead atoms. The van der Waals surface area contributed by atoms with Crippen molar-refractivity contribution in [1.82, 2.24) is 20.4 Å². The van der Waals surface area contributed by atoms with E-state index in [1.165, 1.54) is 5.12 Å². The predicted molar refractivity (Wildman–Crippen MR) is 123 cm³/mol. The standard InChI is InChI=1S/C22H28N8O2/c1-12(2)11-30(25)29-20(23)16-6-13(3)27-19(9-16)22(32)26-10-14-4-5-15-8-18(21(24)31)28-17(15)7-14/h4-9,12,28H,10-11,25H2,1-3H3,(H2,23,29)(H2,24,31)(H,26,32). The number of amidine groups is 1. The van der Waals surface area contributed by atoms with Crippen LogP contribution >= 0.6 is 0 Å². The summed E-state index contributed by atoms with van der Waals surface area (Å²) in [5.74, 6) is 5.51. The minimum atomic E-state index is -0.526. The van der Waals surface area contributed by atoms with E-state index < -0.39 is 5.91 Å². The fourth-order valence-corrected chi connectivity index (χ4v) is 3.23. The average Bonchev–Trinajstić information content (AvgIpc) is 3.14. The minimum Gasteiger partial charge on any atom is -0.382 e. The van der Waals surface area contributed by atoms with Gasteiger partial charge in [0.1, 0.15) is 11.4 Å². The maximum absolute atomic E-state index is 12.7. The van der Waals surface area contributed by atoms with Gasteiger partial charge in [-0.3, -0.25) is 9.59 Å². The molecule has 0 saturated heterocycles. The van der Waals surface area contributed by atoms with Crippen molar-refractivity contribution < 1.29 is 9.59 Å². The van der Waals surface area contributed by atoms with Crippen LogP contribution in [-0.2, 0) is 6.54 Å². The van der Waals surface area contributed by atoms with Gasteiger partial charge in [-0.05, 0) is 42.7 Å². The second-order valence-corrected chi connectivity index (χ2v) is 8.04. The molecular formula is C22H28N8O2. The van der Waals surface area contributed by atoms with Gasteiger partial charge < -0.3 is 21.8 Å². The number of hydrazone groups is 1. The third-order valence-electron chi connectivity index (χ3n) is 4.68. The highest BCUT2D eigenvalue weighted by Crippen LogP contribution is 2.17. The Bertz CT molecular complexity index is 1180. The van der Waals surface area contributed by atoms with E-state index in [9.17, 15) is 9.59 Å². The van der Waals surface area contributed by atoms with E-state index in [2.05, 4.69) is 20.4 Å². The van der Waals surface area contributed by atoms with Crippen molar-refractivity contribution in [1.29, 1.82) is 0 Å². The molecule has 2 aromatic heterocycles. The Balaban J connectivity index is 1.73. The summed E-state index contributed by atoms with van der Waals surface area (Å²) in [6.07, 6.45) is 0. The first kappa shape index (κ1) is 22.8. The Kier molecular flexibility index (Phi) is 6.74. The van der Waals surface area contributed by atoms with Crippen LogP contribution in [0.25, 0.3) is 10.9 Å². The lowest BCUT2D eigenvalue weighted by Gasteiger charge is -2.16. The molecule has 10 heteroatoms. The summed E-state index contributed by atoms with van der Waals surface area (Å²) >= 11 is 0. The molecule has 0 spiro atoms.